The lowest BCUT2D eigenvalue weighted by molar-refractivity contribution is 0.0879. The van der Waals surface area contributed by atoms with Crippen molar-refractivity contribution in [3.63, 3.8) is 0 Å². The maximum Gasteiger partial charge on any atom is 0.414 e. The average Bonchev–Trinajstić information content (AvgIpc) is 3.21. The van der Waals surface area contributed by atoms with E-state index < -0.39 is 24.8 Å². The first kappa shape index (κ1) is 21.3. The fourth-order valence-electron chi connectivity index (χ4n) is 2.93. The lowest BCUT2D eigenvalue weighted by atomic mass is 10.0. The second kappa shape index (κ2) is 9.86. The van der Waals surface area contributed by atoms with E-state index in [1.807, 2.05) is 19.9 Å². The highest BCUT2D eigenvalue weighted by Gasteiger charge is 2.23. The Bertz CT molecular complexity index is 977. The third-order valence-electron chi connectivity index (χ3n) is 4.46. The summed E-state index contributed by atoms with van der Waals surface area (Å²) in [5.74, 6) is 0.719. The molecule has 1 amide bonds. The number of aryl methyl sites for hydroxylation is 1. The first-order valence-corrected chi connectivity index (χ1v) is 9.60. The molecule has 0 spiro atoms. The summed E-state index contributed by atoms with van der Waals surface area (Å²) in [5, 5.41) is 25.5. The Balaban J connectivity index is 1.67. The predicted molar refractivity (Wildman–Crippen MR) is 112 cm³/mol. The lowest BCUT2D eigenvalue weighted by Gasteiger charge is -2.22. The summed E-state index contributed by atoms with van der Waals surface area (Å²) in [6.45, 7) is 4.10. The van der Waals surface area contributed by atoms with E-state index in [0.717, 1.165) is 11.1 Å². The molecule has 9 heteroatoms. The van der Waals surface area contributed by atoms with E-state index in [1.165, 1.54) is 0 Å². The summed E-state index contributed by atoms with van der Waals surface area (Å²) in [7, 11) is 0. The van der Waals surface area contributed by atoms with Crippen molar-refractivity contribution in [2.45, 2.75) is 26.0 Å². The predicted octanol–water partition coefficient (Wildman–Crippen LogP) is 2.39. The number of ether oxygens (including phenoxy) is 1. The molecule has 0 radical (unpaired) electrons. The van der Waals surface area contributed by atoms with E-state index in [9.17, 15) is 15.0 Å². The van der Waals surface area contributed by atoms with Gasteiger partial charge in [-0.2, -0.15) is 0 Å². The molecule has 2 aromatic heterocycles. The van der Waals surface area contributed by atoms with Crippen LogP contribution in [0.25, 0.3) is 11.3 Å². The number of hydrogen-bond acceptors (Lipinski definition) is 7. The van der Waals surface area contributed by atoms with Crippen molar-refractivity contribution in [2.75, 3.05) is 18.5 Å². The molecule has 1 aromatic carbocycles. The molecule has 0 aliphatic carbocycles. The molecular weight excluding hydrogens is 386 g/mol. The molecule has 2 heterocycles. The molecule has 3 rings (SSSR count). The topological polar surface area (TPSA) is 132 Å². The Morgan fingerprint density at radius 3 is 2.77 bits per heavy atom. The van der Waals surface area contributed by atoms with Crippen molar-refractivity contribution in [3.8, 4) is 17.1 Å². The summed E-state index contributed by atoms with van der Waals surface area (Å²) in [6.07, 6.45) is 1.52. The maximum atomic E-state index is 12.3. The van der Waals surface area contributed by atoms with E-state index in [0.29, 0.717) is 23.8 Å². The summed E-state index contributed by atoms with van der Waals surface area (Å²) in [5.41, 5.74) is 2.90. The van der Waals surface area contributed by atoms with Crippen LogP contribution in [0.4, 0.5) is 10.7 Å². The standard InChI is InChI=1S/C21H25N5O4/c1-3-22-20-24-10-13(2)18(26-20)15-9-17(23-11-15)30-21(29)25-16(12-27)19(28)14-7-5-4-6-8-14/h4-11,16,19,23,27-28H,3,12H2,1-2H3,(H,25,29)(H,22,24,26). The first-order chi connectivity index (χ1) is 14.5. The van der Waals surface area contributed by atoms with Gasteiger partial charge in [-0.3, -0.25) is 0 Å². The van der Waals surface area contributed by atoms with Crippen LogP contribution in [-0.2, 0) is 0 Å². The number of anilines is 1. The number of nitrogens with one attached hydrogen (secondary N) is 3. The van der Waals surface area contributed by atoms with Crippen LogP contribution in [-0.4, -0.2) is 50.5 Å². The lowest BCUT2D eigenvalue weighted by Crippen LogP contribution is -2.43. The van der Waals surface area contributed by atoms with Crippen LogP contribution in [0.3, 0.4) is 0 Å². The van der Waals surface area contributed by atoms with Gasteiger partial charge >= 0.3 is 6.09 Å². The highest BCUT2D eigenvalue weighted by molar-refractivity contribution is 5.72. The summed E-state index contributed by atoms with van der Waals surface area (Å²) >= 11 is 0. The van der Waals surface area contributed by atoms with Gasteiger partial charge in [-0.05, 0) is 25.0 Å². The third-order valence-corrected chi connectivity index (χ3v) is 4.46. The number of aliphatic hydroxyl groups is 2. The van der Waals surface area contributed by atoms with Gasteiger partial charge in [-0.25, -0.2) is 14.8 Å². The number of H-pyrrole nitrogens is 1. The number of nitrogens with zero attached hydrogens (tertiary/aromatic N) is 2. The molecule has 0 aliphatic heterocycles. The van der Waals surface area contributed by atoms with E-state index in [4.69, 9.17) is 4.74 Å². The molecule has 0 aliphatic rings. The van der Waals surface area contributed by atoms with E-state index in [-0.39, 0.29) is 5.88 Å². The van der Waals surface area contributed by atoms with Crippen molar-refractivity contribution in [2.24, 2.45) is 0 Å². The molecule has 0 saturated carbocycles. The van der Waals surface area contributed by atoms with Gasteiger partial charge in [0.05, 0.1) is 18.3 Å². The normalized spacial score (nSPS) is 12.8. The van der Waals surface area contributed by atoms with Gasteiger partial charge in [0, 0.05) is 30.6 Å². The molecule has 0 saturated heterocycles. The van der Waals surface area contributed by atoms with Crippen molar-refractivity contribution in [1.82, 2.24) is 20.3 Å². The van der Waals surface area contributed by atoms with Crippen molar-refractivity contribution >= 4 is 12.0 Å². The van der Waals surface area contributed by atoms with Crippen LogP contribution in [0.1, 0.15) is 24.2 Å². The van der Waals surface area contributed by atoms with E-state index >= 15 is 0 Å². The Hall–Kier alpha value is -3.43. The van der Waals surface area contributed by atoms with Gasteiger partial charge in [0.1, 0.15) is 6.10 Å². The van der Waals surface area contributed by atoms with Gasteiger partial charge in [0.25, 0.3) is 0 Å². The largest absolute Gasteiger partial charge is 0.414 e. The number of carbonyl (C=O) groups excluding carboxylic acids is 1. The zero-order chi connectivity index (χ0) is 21.5. The Kier molecular flexibility index (Phi) is 6.99. The maximum absolute atomic E-state index is 12.3. The van der Waals surface area contributed by atoms with Gasteiger partial charge in [0.2, 0.25) is 11.8 Å². The first-order valence-electron chi connectivity index (χ1n) is 9.60. The molecule has 3 aromatic rings. The summed E-state index contributed by atoms with van der Waals surface area (Å²) in [6, 6.07) is 9.50. The quantitative estimate of drug-likeness (QED) is 0.384. The van der Waals surface area contributed by atoms with E-state index in [1.54, 1.807) is 42.7 Å². The van der Waals surface area contributed by atoms with Gasteiger partial charge in [0.15, 0.2) is 0 Å². The number of rotatable bonds is 8. The Morgan fingerprint density at radius 2 is 2.07 bits per heavy atom. The van der Waals surface area contributed by atoms with Gasteiger partial charge in [-0.15, -0.1) is 0 Å². The second-order valence-electron chi connectivity index (χ2n) is 6.69. The summed E-state index contributed by atoms with van der Waals surface area (Å²) < 4.78 is 5.27. The number of carbonyl (C=O) groups is 1. The summed E-state index contributed by atoms with van der Waals surface area (Å²) in [4.78, 5) is 23.8. The highest BCUT2D eigenvalue weighted by Crippen LogP contribution is 2.25. The number of aromatic nitrogens is 3. The number of amides is 1. The zero-order valence-corrected chi connectivity index (χ0v) is 16.8. The van der Waals surface area contributed by atoms with Crippen LogP contribution in [0.15, 0.2) is 48.8 Å². The molecule has 5 N–H and O–H groups in total. The third kappa shape index (κ3) is 5.13. The molecule has 2 atom stereocenters. The minimum atomic E-state index is -1.07. The minimum Gasteiger partial charge on any atom is -0.394 e. The molecule has 158 valence electrons. The monoisotopic (exact) mass is 411 g/mol. The Morgan fingerprint density at radius 1 is 1.30 bits per heavy atom. The van der Waals surface area contributed by atoms with Crippen LogP contribution in [0.2, 0.25) is 0 Å². The SMILES string of the molecule is CCNc1ncc(C)c(-c2c[nH]c(OC(=O)NC(CO)C(O)c3ccccc3)c2)n1. The van der Waals surface area contributed by atoms with Crippen molar-refractivity contribution in [1.29, 1.82) is 0 Å². The average molecular weight is 411 g/mol. The van der Waals surface area contributed by atoms with Gasteiger partial charge < -0.3 is 30.6 Å². The fourth-order valence-corrected chi connectivity index (χ4v) is 2.93. The van der Waals surface area contributed by atoms with Crippen LogP contribution in [0, 0.1) is 6.92 Å². The van der Waals surface area contributed by atoms with Crippen molar-refractivity contribution < 1.29 is 19.7 Å². The molecule has 9 nitrogen and oxygen atoms in total. The second-order valence-corrected chi connectivity index (χ2v) is 6.69. The van der Waals surface area contributed by atoms with Gasteiger partial charge in [-0.1, -0.05) is 30.3 Å². The molecule has 0 bridgehead atoms. The zero-order valence-electron chi connectivity index (χ0n) is 16.8. The fraction of sp³-hybridized carbons (Fsp3) is 0.286. The van der Waals surface area contributed by atoms with Crippen LogP contribution >= 0.6 is 0 Å². The van der Waals surface area contributed by atoms with E-state index in [2.05, 4.69) is 25.6 Å². The minimum absolute atomic E-state index is 0.205. The van der Waals surface area contributed by atoms with Crippen LogP contribution < -0.4 is 15.4 Å². The smallest absolute Gasteiger partial charge is 0.394 e. The molecule has 30 heavy (non-hydrogen) atoms. The Labute approximate surface area is 174 Å². The molecular formula is C21H25N5O4. The number of hydrogen-bond donors (Lipinski definition) is 5. The number of aromatic amines is 1. The molecule has 2 unspecified atom stereocenters. The molecule has 0 fully saturated rings. The number of benzene rings is 1. The van der Waals surface area contributed by atoms with Crippen molar-refractivity contribution in [3.05, 3.63) is 59.9 Å². The highest BCUT2D eigenvalue weighted by atomic mass is 16.6. The number of aliphatic hydroxyl groups excluding tert-OH is 2. The van der Waals surface area contributed by atoms with Crippen LogP contribution in [0.5, 0.6) is 5.88 Å².